The smallest absolute Gasteiger partial charge is 0.123 e. The highest BCUT2D eigenvalue weighted by Crippen LogP contribution is 2.16. The van der Waals surface area contributed by atoms with Crippen molar-refractivity contribution in [3.8, 4) is 0 Å². The van der Waals surface area contributed by atoms with Gasteiger partial charge in [-0.05, 0) is 29.7 Å². The number of aryl methyl sites for hydroxylation is 1. The second-order valence-corrected chi connectivity index (χ2v) is 3.89. The lowest BCUT2D eigenvalue weighted by molar-refractivity contribution is 0.618. The fraction of sp³-hybridized carbons (Fsp3) is 0.250. The fourth-order valence-electron chi connectivity index (χ4n) is 1.69. The maximum Gasteiger partial charge on any atom is 0.123 e. The van der Waals surface area contributed by atoms with Crippen molar-refractivity contribution >= 4 is 0 Å². The average molecular weight is 219 g/mol. The summed E-state index contributed by atoms with van der Waals surface area (Å²) in [7, 11) is 1.86. The van der Waals surface area contributed by atoms with Crippen LogP contribution in [0.4, 0.5) is 4.39 Å². The monoisotopic (exact) mass is 219 g/mol. The van der Waals surface area contributed by atoms with Gasteiger partial charge in [0.25, 0.3) is 0 Å². The molecule has 0 aliphatic rings. The van der Waals surface area contributed by atoms with Gasteiger partial charge >= 0.3 is 0 Å². The van der Waals surface area contributed by atoms with E-state index in [1.54, 1.807) is 16.9 Å². The summed E-state index contributed by atoms with van der Waals surface area (Å²) >= 11 is 0. The molecule has 1 aromatic heterocycles. The number of hydrogen-bond donors (Lipinski definition) is 1. The van der Waals surface area contributed by atoms with Gasteiger partial charge in [0.1, 0.15) is 5.82 Å². The number of nitrogens with two attached hydrogens (primary N) is 1. The van der Waals surface area contributed by atoms with Crippen molar-refractivity contribution in [2.45, 2.75) is 12.5 Å². The third-order valence-corrected chi connectivity index (χ3v) is 2.49. The zero-order chi connectivity index (χ0) is 11.5. The number of halogens is 1. The molecule has 16 heavy (non-hydrogen) atoms. The van der Waals surface area contributed by atoms with Crippen LogP contribution in [0.2, 0.25) is 0 Å². The van der Waals surface area contributed by atoms with Crippen molar-refractivity contribution in [1.82, 2.24) is 9.78 Å². The van der Waals surface area contributed by atoms with E-state index in [2.05, 4.69) is 5.10 Å². The lowest BCUT2D eigenvalue weighted by Gasteiger charge is -2.10. The minimum absolute atomic E-state index is 0.195. The maximum absolute atomic E-state index is 13.0. The standard InChI is InChI=1S/C12H14FN3/c1-16-8-9(7-15-16)5-12(14)10-3-2-4-11(13)6-10/h2-4,6-8,12H,5,14H2,1H3. The largest absolute Gasteiger partial charge is 0.324 e. The van der Waals surface area contributed by atoms with E-state index in [1.165, 1.54) is 12.1 Å². The molecule has 1 heterocycles. The molecule has 2 rings (SSSR count). The van der Waals surface area contributed by atoms with Gasteiger partial charge in [0.05, 0.1) is 6.20 Å². The Morgan fingerprint density at radius 3 is 2.94 bits per heavy atom. The number of benzene rings is 1. The van der Waals surface area contributed by atoms with Crippen LogP contribution in [0, 0.1) is 5.82 Å². The molecule has 0 saturated heterocycles. The van der Waals surface area contributed by atoms with Crippen LogP contribution in [0.3, 0.4) is 0 Å². The molecule has 0 aliphatic carbocycles. The molecule has 0 bridgehead atoms. The van der Waals surface area contributed by atoms with Gasteiger partial charge in [-0.15, -0.1) is 0 Å². The molecule has 1 aromatic carbocycles. The number of rotatable bonds is 3. The lowest BCUT2D eigenvalue weighted by atomic mass is 10.0. The molecule has 2 aromatic rings. The van der Waals surface area contributed by atoms with Gasteiger partial charge in [0.2, 0.25) is 0 Å². The highest BCUT2D eigenvalue weighted by molar-refractivity contribution is 5.22. The third-order valence-electron chi connectivity index (χ3n) is 2.49. The quantitative estimate of drug-likeness (QED) is 0.855. The molecule has 1 unspecified atom stereocenters. The Morgan fingerprint density at radius 2 is 2.31 bits per heavy atom. The summed E-state index contributed by atoms with van der Waals surface area (Å²) < 4.78 is 14.7. The van der Waals surface area contributed by atoms with Crippen molar-refractivity contribution in [2.24, 2.45) is 12.8 Å². The predicted molar refractivity (Wildman–Crippen MR) is 60.2 cm³/mol. The van der Waals surface area contributed by atoms with Gasteiger partial charge in [-0.1, -0.05) is 12.1 Å². The molecule has 1 atom stereocenters. The molecular formula is C12H14FN3. The molecular weight excluding hydrogens is 205 g/mol. The summed E-state index contributed by atoms with van der Waals surface area (Å²) in [6.07, 6.45) is 4.36. The van der Waals surface area contributed by atoms with Gasteiger partial charge in [0.15, 0.2) is 0 Å². The minimum Gasteiger partial charge on any atom is -0.324 e. The second-order valence-electron chi connectivity index (χ2n) is 3.89. The summed E-state index contributed by atoms with van der Waals surface area (Å²) in [6.45, 7) is 0. The Bertz CT molecular complexity index is 479. The number of aromatic nitrogens is 2. The van der Waals surface area contributed by atoms with Gasteiger partial charge in [-0.25, -0.2) is 4.39 Å². The summed E-state index contributed by atoms with van der Waals surface area (Å²) in [6, 6.07) is 6.21. The SMILES string of the molecule is Cn1cc(CC(N)c2cccc(F)c2)cn1. The summed E-state index contributed by atoms with van der Waals surface area (Å²) in [5.41, 5.74) is 7.87. The molecule has 0 aliphatic heterocycles. The van der Waals surface area contributed by atoms with E-state index in [-0.39, 0.29) is 11.9 Å². The van der Waals surface area contributed by atoms with E-state index >= 15 is 0 Å². The molecule has 3 nitrogen and oxygen atoms in total. The van der Waals surface area contributed by atoms with Crippen LogP contribution < -0.4 is 5.73 Å². The van der Waals surface area contributed by atoms with Crippen molar-refractivity contribution in [3.63, 3.8) is 0 Å². The Kier molecular flexibility index (Phi) is 3.01. The zero-order valence-corrected chi connectivity index (χ0v) is 9.10. The number of hydrogen-bond acceptors (Lipinski definition) is 2. The molecule has 0 radical (unpaired) electrons. The van der Waals surface area contributed by atoms with Crippen molar-refractivity contribution in [1.29, 1.82) is 0 Å². The predicted octanol–water partition coefficient (Wildman–Crippen LogP) is 1.80. The summed E-state index contributed by atoms with van der Waals surface area (Å²) in [4.78, 5) is 0. The normalized spacial score (nSPS) is 12.7. The molecule has 4 heteroatoms. The fourth-order valence-corrected chi connectivity index (χ4v) is 1.69. The van der Waals surface area contributed by atoms with Crippen molar-refractivity contribution in [3.05, 3.63) is 53.6 Å². The van der Waals surface area contributed by atoms with E-state index in [0.29, 0.717) is 6.42 Å². The molecule has 2 N–H and O–H groups in total. The van der Waals surface area contributed by atoms with E-state index < -0.39 is 0 Å². The molecule has 0 saturated carbocycles. The van der Waals surface area contributed by atoms with Crippen LogP contribution in [0.5, 0.6) is 0 Å². The minimum atomic E-state index is -0.251. The lowest BCUT2D eigenvalue weighted by Crippen LogP contribution is -2.13. The molecule has 0 amide bonds. The first-order valence-corrected chi connectivity index (χ1v) is 5.14. The van der Waals surface area contributed by atoms with E-state index in [0.717, 1.165) is 11.1 Å². The Balaban J connectivity index is 2.11. The van der Waals surface area contributed by atoms with Crippen LogP contribution in [0.25, 0.3) is 0 Å². The molecule has 0 spiro atoms. The Hall–Kier alpha value is -1.68. The first-order valence-electron chi connectivity index (χ1n) is 5.14. The Labute approximate surface area is 93.7 Å². The van der Waals surface area contributed by atoms with Crippen LogP contribution in [-0.4, -0.2) is 9.78 Å². The van der Waals surface area contributed by atoms with Crippen LogP contribution in [-0.2, 0) is 13.5 Å². The average Bonchev–Trinajstić information content (AvgIpc) is 2.64. The first kappa shape index (κ1) is 10.8. The second kappa shape index (κ2) is 4.45. The highest BCUT2D eigenvalue weighted by atomic mass is 19.1. The van der Waals surface area contributed by atoms with Crippen LogP contribution in [0.1, 0.15) is 17.2 Å². The van der Waals surface area contributed by atoms with E-state index in [4.69, 9.17) is 5.73 Å². The third kappa shape index (κ3) is 2.46. The highest BCUT2D eigenvalue weighted by Gasteiger charge is 2.08. The van der Waals surface area contributed by atoms with Gasteiger partial charge in [-0.3, -0.25) is 4.68 Å². The van der Waals surface area contributed by atoms with E-state index in [1.807, 2.05) is 19.3 Å². The summed E-state index contributed by atoms with van der Waals surface area (Å²) in [5, 5.41) is 4.07. The van der Waals surface area contributed by atoms with Crippen molar-refractivity contribution in [2.75, 3.05) is 0 Å². The van der Waals surface area contributed by atoms with Gasteiger partial charge < -0.3 is 5.73 Å². The maximum atomic E-state index is 13.0. The van der Waals surface area contributed by atoms with Crippen molar-refractivity contribution < 1.29 is 4.39 Å². The van der Waals surface area contributed by atoms with E-state index in [9.17, 15) is 4.39 Å². The molecule has 84 valence electrons. The van der Waals surface area contributed by atoms with Crippen LogP contribution >= 0.6 is 0 Å². The molecule has 0 fully saturated rings. The number of nitrogens with zero attached hydrogens (tertiary/aromatic N) is 2. The Morgan fingerprint density at radius 1 is 1.50 bits per heavy atom. The first-order chi connectivity index (χ1) is 7.65. The topological polar surface area (TPSA) is 43.8 Å². The summed E-state index contributed by atoms with van der Waals surface area (Å²) in [5.74, 6) is -0.251. The van der Waals surface area contributed by atoms with Crippen LogP contribution in [0.15, 0.2) is 36.7 Å². The van der Waals surface area contributed by atoms with Gasteiger partial charge in [-0.2, -0.15) is 5.10 Å². The van der Waals surface area contributed by atoms with Gasteiger partial charge in [0, 0.05) is 19.3 Å². The zero-order valence-electron chi connectivity index (χ0n) is 9.10.